The quantitative estimate of drug-likeness (QED) is 0.751. The summed E-state index contributed by atoms with van der Waals surface area (Å²) in [5, 5.41) is 11.0. The van der Waals surface area contributed by atoms with Crippen LogP contribution in [-0.2, 0) is 11.3 Å². The lowest BCUT2D eigenvalue weighted by atomic mass is 10.1. The molecule has 1 aliphatic heterocycles. The summed E-state index contributed by atoms with van der Waals surface area (Å²) in [4.78, 5) is 14.8. The first-order valence-electron chi connectivity index (χ1n) is 8.98. The zero-order chi connectivity index (χ0) is 18.5. The molecule has 2 heterocycles. The highest BCUT2D eigenvalue weighted by Crippen LogP contribution is 2.21. The Hall–Kier alpha value is -3.19. The van der Waals surface area contributed by atoms with Gasteiger partial charge in [-0.1, -0.05) is 41.6 Å². The number of anilines is 1. The van der Waals surface area contributed by atoms with Crippen molar-refractivity contribution in [3.8, 4) is 5.69 Å². The van der Waals surface area contributed by atoms with Crippen LogP contribution in [0.3, 0.4) is 0 Å². The number of rotatable bonds is 5. The first-order valence-corrected chi connectivity index (χ1v) is 8.98. The minimum Gasteiger partial charge on any atom is -0.378 e. The van der Waals surface area contributed by atoms with Gasteiger partial charge in [-0.05, 0) is 23.8 Å². The zero-order valence-electron chi connectivity index (χ0n) is 14.9. The highest BCUT2D eigenvalue weighted by atomic mass is 16.5. The van der Waals surface area contributed by atoms with E-state index in [1.54, 1.807) is 10.9 Å². The molecule has 1 fully saturated rings. The number of amides is 1. The third-order valence-corrected chi connectivity index (χ3v) is 4.53. The second-order valence-corrected chi connectivity index (χ2v) is 6.29. The van der Waals surface area contributed by atoms with Gasteiger partial charge in [0.25, 0.3) is 5.91 Å². The number of aromatic nitrogens is 3. The van der Waals surface area contributed by atoms with Gasteiger partial charge in [0.15, 0.2) is 5.69 Å². The van der Waals surface area contributed by atoms with E-state index in [2.05, 4.69) is 26.6 Å². The zero-order valence-corrected chi connectivity index (χ0v) is 14.9. The van der Waals surface area contributed by atoms with E-state index in [9.17, 15) is 4.79 Å². The third-order valence-electron chi connectivity index (χ3n) is 4.53. The SMILES string of the molecule is O=C(NCc1ccccc1N1CCOCC1)c1cn(-c2ccccc2)nn1. The average molecular weight is 363 g/mol. The summed E-state index contributed by atoms with van der Waals surface area (Å²) < 4.78 is 7.02. The van der Waals surface area contributed by atoms with Crippen LogP contribution in [-0.4, -0.2) is 47.2 Å². The second-order valence-electron chi connectivity index (χ2n) is 6.29. The van der Waals surface area contributed by atoms with Gasteiger partial charge in [0.1, 0.15) is 0 Å². The number of hydrogen-bond acceptors (Lipinski definition) is 5. The largest absolute Gasteiger partial charge is 0.378 e. The monoisotopic (exact) mass is 363 g/mol. The van der Waals surface area contributed by atoms with Gasteiger partial charge in [-0.2, -0.15) is 0 Å². The molecule has 1 aliphatic rings. The van der Waals surface area contributed by atoms with Gasteiger partial charge >= 0.3 is 0 Å². The Morgan fingerprint density at radius 3 is 2.59 bits per heavy atom. The second kappa shape index (κ2) is 8.01. The van der Waals surface area contributed by atoms with E-state index in [-0.39, 0.29) is 5.91 Å². The van der Waals surface area contributed by atoms with Crippen LogP contribution in [0.4, 0.5) is 5.69 Å². The van der Waals surface area contributed by atoms with Gasteiger partial charge in [-0.3, -0.25) is 4.79 Å². The topological polar surface area (TPSA) is 72.3 Å². The van der Waals surface area contributed by atoms with Crippen molar-refractivity contribution in [1.82, 2.24) is 20.3 Å². The number of nitrogens with one attached hydrogen (secondary N) is 1. The van der Waals surface area contributed by atoms with E-state index < -0.39 is 0 Å². The number of ether oxygens (including phenoxy) is 1. The van der Waals surface area contributed by atoms with Crippen LogP contribution >= 0.6 is 0 Å². The van der Waals surface area contributed by atoms with Crippen molar-refractivity contribution in [2.45, 2.75) is 6.54 Å². The van der Waals surface area contributed by atoms with E-state index in [1.807, 2.05) is 48.5 Å². The molecule has 0 radical (unpaired) electrons. The number of para-hydroxylation sites is 2. The maximum atomic E-state index is 12.5. The number of nitrogens with zero attached hydrogens (tertiary/aromatic N) is 4. The highest BCUT2D eigenvalue weighted by molar-refractivity contribution is 5.92. The van der Waals surface area contributed by atoms with Gasteiger partial charge in [0.05, 0.1) is 25.1 Å². The Labute approximate surface area is 157 Å². The number of carbonyl (C=O) groups excluding carboxylic acids is 1. The van der Waals surface area contributed by atoms with Crippen molar-refractivity contribution < 1.29 is 9.53 Å². The molecule has 1 aromatic heterocycles. The molecule has 3 aromatic rings. The number of morpholine rings is 1. The summed E-state index contributed by atoms with van der Waals surface area (Å²) in [5.74, 6) is -0.242. The molecule has 1 saturated heterocycles. The molecule has 1 N–H and O–H groups in total. The molecule has 27 heavy (non-hydrogen) atoms. The lowest BCUT2D eigenvalue weighted by Gasteiger charge is -2.30. The van der Waals surface area contributed by atoms with Crippen molar-refractivity contribution in [2.24, 2.45) is 0 Å². The average Bonchev–Trinajstić information content (AvgIpc) is 3.24. The first kappa shape index (κ1) is 17.2. The van der Waals surface area contributed by atoms with Gasteiger partial charge in [-0.15, -0.1) is 5.10 Å². The summed E-state index contributed by atoms with van der Waals surface area (Å²) >= 11 is 0. The van der Waals surface area contributed by atoms with Gasteiger partial charge < -0.3 is 15.0 Å². The lowest BCUT2D eigenvalue weighted by Crippen LogP contribution is -2.37. The fourth-order valence-electron chi connectivity index (χ4n) is 3.11. The molecular formula is C20H21N5O2. The van der Waals surface area contributed by atoms with Gasteiger partial charge in [0, 0.05) is 25.3 Å². The maximum Gasteiger partial charge on any atom is 0.273 e. The molecule has 0 aliphatic carbocycles. The van der Waals surface area contributed by atoms with Gasteiger partial charge in [0.2, 0.25) is 0 Å². The summed E-state index contributed by atoms with van der Waals surface area (Å²) in [7, 11) is 0. The Morgan fingerprint density at radius 2 is 1.78 bits per heavy atom. The van der Waals surface area contributed by atoms with Crippen LogP contribution in [0.25, 0.3) is 5.69 Å². The summed E-state index contributed by atoms with van der Waals surface area (Å²) in [6, 6.07) is 17.7. The molecule has 0 spiro atoms. The van der Waals surface area contributed by atoms with Crippen molar-refractivity contribution in [1.29, 1.82) is 0 Å². The molecule has 7 heteroatoms. The molecule has 0 bridgehead atoms. The minimum absolute atomic E-state index is 0.242. The Balaban J connectivity index is 1.43. The van der Waals surface area contributed by atoms with E-state index in [4.69, 9.17) is 4.74 Å². The third kappa shape index (κ3) is 3.98. The van der Waals surface area contributed by atoms with Crippen LogP contribution in [0.5, 0.6) is 0 Å². The molecule has 1 amide bonds. The normalized spacial score (nSPS) is 14.1. The molecule has 7 nitrogen and oxygen atoms in total. The van der Waals surface area contributed by atoms with E-state index >= 15 is 0 Å². The van der Waals surface area contributed by atoms with Crippen LogP contribution in [0.2, 0.25) is 0 Å². The predicted molar refractivity (Wildman–Crippen MR) is 102 cm³/mol. The van der Waals surface area contributed by atoms with Crippen molar-refractivity contribution >= 4 is 11.6 Å². The molecule has 0 unspecified atom stereocenters. The highest BCUT2D eigenvalue weighted by Gasteiger charge is 2.16. The van der Waals surface area contributed by atoms with E-state index in [1.165, 1.54) is 0 Å². The molecular weight excluding hydrogens is 342 g/mol. The lowest BCUT2D eigenvalue weighted by molar-refractivity contribution is 0.0945. The Bertz CT molecular complexity index is 904. The number of carbonyl (C=O) groups is 1. The smallest absolute Gasteiger partial charge is 0.273 e. The molecule has 2 aromatic carbocycles. The van der Waals surface area contributed by atoms with Crippen molar-refractivity contribution in [2.75, 3.05) is 31.2 Å². The predicted octanol–water partition coefficient (Wildman–Crippen LogP) is 2.03. The first-order chi connectivity index (χ1) is 13.3. The Kier molecular flexibility index (Phi) is 5.11. The fraction of sp³-hybridized carbons (Fsp3) is 0.250. The fourth-order valence-corrected chi connectivity index (χ4v) is 3.11. The molecule has 138 valence electrons. The molecule has 0 atom stereocenters. The van der Waals surface area contributed by atoms with E-state index in [0.29, 0.717) is 12.2 Å². The van der Waals surface area contributed by atoms with Crippen LogP contribution in [0.15, 0.2) is 60.8 Å². The van der Waals surface area contributed by atoms with Crippen molar-refractivity contribution in [3.63, 3.8) is 0 Å². The van der Waals surface area contributed by atoms with Gasteiger partial charge in [-0.25, -0.2) is 4.68 Å². The molecule has 4 rings (SSSR count). The summed E-state index contributed by atoms with van der Waals surface area (Å²) in [6.07, 6.45) is 1.64. The van der Waals surface area contributed by atoms with Crippen LogP contribution in [0.1, 0.15) is 16.1 Å². The number of benzene rings is 2. The summed E-state index contributed by atoms with van der Waals surface area (Å²) in [6.45, 7) is 3.60. The van der Waals surface area contributed by atoms with E-state index in [0.717, 1.165) is 43.2 Å². The summed E-state index contributed by atoms with van der Waals surface area (Å²) in [5.41, 5.74) is 3.36. The van der Waals surface area contributed by atoms with Crippen LogP contribution < -0.4 is 10.2 Å². The molecule has 0 saturated carbocycles. The van der Waals surface area contributed by atoms with Crippen molar-refractivity contribution in [3.05, 3.63) is 72.1 Å². The number of hydrogen-bond donors (Lipinski definition) is 1. The minimum atomic E-state index is -0.242. The maximum absolute atomic E-state index is 12.5. The standard InChI is InChI=1S/C20H21N5O2/c26-20(18-15-25(23-22-18)17-7-2-1-3-8-17)21-14-16-6-4-5-9-19(16)24-10-12-27-13-11-24/h1-9,15H,10-14H2,(H,21,26). The van der Waals surface area contributed by atoms with Crippen LogP contribution in [0, 0.1) is 0 Å². The Morgan fingerprint density at radius 1 is 1.04 bits per heavy atom.